The number of methoxy groups -OCH3 is 2. The van der Waals surface area contributed by atoms with Gasteiger partial charge in [0.15, 0.2) is 29.2 Å². The molecule has 0 radical (unpaired) electrons. The number of rotatable bonds is 28. The van der Waals surface area contributed by atoms with Crippen molar-refractivity contribution in [3.05, 3.63) is 168 Å². The summed E-state index contributed by atoms with van der Waals surface area (Å²) >= 11 is 0. The Kier molecular flexibility index (Phi) is 24.0. The lowest BCUT2D eigenvalue weighted by atomic mass is 9.98. The topological polar surface area (TPSA) is 228 Å². The van der Waals surface area contributed by atoms with Gasteiger partial charge in [0.2, 0.25) is 0 Å². The number of anilines is 2. The van der Waals surface area contributed by atoms with Crippen molar-refractivity contribution in [2.24, 2.45) is 0 Å². The lowest BCUT2D eigenvalue weighted by molar-refractivity contribution is -0.0211. The molecule has 4 aliphatic heterocycles. The number of hydrogen-bond acceptors (Lipinski definition) is 20. The second-order valence-electron chi connectivity index (χ2n) is 23.8. The maximum atomic E-state index is 15.2. The number of hydrogen-bond donors (Lipinski definition) is 2. The monoisotopic (exact) mass is 1380 g/mol. The average Bonchev–Trinajstić information content (AvgIpc) is 1.58. The van der Waals surface area contributed by atoms with E-state index in [2.05, 4.69) is 58.0 Å². The lowest BCUT2D eigenvalue weighted by Gasteiger charge is -2.33. The molecule has 5 aliphatic rings. The maximum absolute atomic E-state index is 15.2. The molecule has 0 saturated carbocycles. The van der Waals surface area contributed by atoms with Gasteiger partial charge in [-0.15, -0.1) is 0 Å². The van der Waals surface area contributed by atoms with E-state index in [4.69, 9.17) is 42.6 Å². The van der Waals surface area contributed by atoms with E-state index in [1.54, 1.807) is 40.4 Å². The molecular weight excluding hydrogens is 1300 g/mol. The van der Waals surface area contributed by atoms with E-state index >= 15 is 4.79 Å². The third kappa shape index (κ3) is 17.2. The van der Waals surface area contributed by atoms with Crippen molar-refractivity contribution >= 4 is 84.6 Å². The Hall–Kier alpha value is -8.07. The molecule has 0 bridgehead atoms. The summed E-state index contributed by atoms with van der Waals surface area (Å²) in [7, 11) is 8.94. The summed E-state index contributed by atoms with van der Waals surface area (Å²) < 4.78 is 54.3. The number of nitrogens with one attached hydrogen (secondary N) is 2. The van der Waals surface area contributed by atoms with Crippen LogP contribution in [0.4, 0.5) is 25.8 Å². The van der Waals surface area contributed by atoms with Crippen LogP contribution < -0.4 is 29.6 Å². The summed E-state index contributed by atoms with van der Waals surface area (Å²) in [5, 5.41) is 7.10. The van der Waals surface area contributed by atoms with E-state index in [0.29, 0.717) is 56.8 Å². The highest BCUT2D eigenvalue weighted by molar-refractivity contribution is 8.77. The number of unbranched alkanes of at least 4 members (excludes halogenated alkanes) is 2. The number of carbonyl (C=O) groups is 5. The van der Waals surface area contributed by atoms with Crippen molar-refractivity contribution in [1.82, 2.24) is 24.7 Å². The predicted octanol–water partition coefficient (Wildman–Crippen LogP) is 14.2. The molecule has 6 atom stereocenters. The Morgan fingerprint density at radius 3 is 1.61 bits per heavy atom. The maximum Gasteiger partial charge on any atom is 0.412 e. The Bertz CT molecular complexity index is 3710. The number of carbonyl (C=O) groups excluding carboxylic acids is 5. The molecule has 4 aromatic carbocycles. The second kappa shape index (κ2) is 33.3. The third-order valence-corrected chi connectivity index (χ3v) is 22.5. The van der Waals surface area contributed by atoms with Crippen LogP contribution >= 0.6 is 43.2 Å². The van der Waals surface area contributed by atoms with Gasteiger partial charge in [-0.25, -0.2) is 24.4 Å². The second-order valence-corrected chi connectivity index (χ2v) is 29.2. The number of ether oxygens (including phenoxy) is 9. The standard InChI is InChI=1S/C71H79N7O14S4/c1-44-33-57(59-23-18-31-86-59)77(39-44)66(79)52-35-60(84-5)62(37-55(52)74-69(81)90-41-46(3)93-95-64-24-12-14-26-72-64)87-29-16-7-17-30-88-63-38-56(75-70(82)91-42-47(4)94-96-65-25-13-15-27-73-65)53(36-61(63)85-6)67(80)78-40-45(2)34-58(78)68-76(28-32-89-68)71(83)92-43-54-50-21-10-8-19-48(50)49-20-9-11-22-51(49)54/h8-15,19-22,24-27,35-38,46-47,54,57-59,68H,1-2,7,16-18,23,28-34,39-43H2,3-6H3,(H,74,81)(H,75,82)/t46?,47?,57-,58-,59?,68?/m0/s1. The lowest BCUT2D eigenvalue weighted by Crippen LogP contribution is -2.51. The van der Waals surface area contributed by atoms with Gasteiger partial charge in [0.05, 0.1) is 81.3 Å². The molecule has 2 aromatic heterocycles. The average molecular weight is 1380 g/mol. The van der Waals surface area contributed by atoms with E-state index in [1.807, 2.05) is 74.5 Å². The van der Waals surface area contributed by atoms with E-state index in [1.165, 1.54) is 68.4 Å². The first-order valence-electron chi connectivity index (χ1n) is 32.1. The molecule has 4 saturated heterocycles. The van der Waals surface area contributed by atoms with Gasteiger partial charge in [-0.3, -0.25) is 25.1 Å². The molecule has 11 rings (SSSR count). The zero-order valence-electron chi connectivity index (χ0n) is 54.1. The highest BCUT2D eigenvalue weighted by Gasteiger charge is 2.46. The summed E-state index contributed by atoms with van der Waals surface area (Å²) in [6.07, 6.45) is 4.81. The largest absolute Gasteiger partial charge is 0.493 e. The minimum atomic E-state index is -0.856. The summed E-state index contributed by atoms with van der Waals surface area (Å²) in [5.74, 6) is 0.152. The fraction of sp³-hybridized carbons (Fsp3) is 0.394. The number of nitrogens with zero attached hydrogens (tertiary/aromatic N) is 5. The SMILES string of the molecule is C=C1C[C@@H](C2CCCO2)N(C(=O)c2cc(OC)c(OCCCCCOc3cc(NC(=O)OCC(C)SSc4ccccn4)c(C(=O)N4CC(=C)C[C@H]4C4OCCN4C(=O)OCC4c5ccccc5-c5ccccc54)cc3OC)cc2NC(=O)OCC(C)SSc2ccccn2)C1. The van der Waals surface area contributed by atoms with Crippen LogP contribution in [0.25, 0.3) is 11.1 Å². The molecule has 1 aliphatic carbocycles. The van der Waals surface area contributed by atoms with Crippen molar-refractivity contribution in [3.8, 4) is 34.1 Å². The molecule has 5 amide bonds. The van der Waals surface area contributed by atoms with Gasteiger partial charge >= 0.3 is 18.3 Å². The fourth-order valence-electron chi connectivity index (χ4n) is 12.3. The Morgan fingerprint density at radius 2 is 1.11 bits per heavy atom. The Labute approximate surface area is 575 Å². The highest BCUT2D eigenvalue weighted by atomic mass is 33.1. The van der Waals surface area contributed by atoms with Crippen LogP contribution in [0.15, 0.2) is 156 Å². The number of benzene rings is 4. The number of amides is 5. The van der Waals surface area contributed by atoms with E-state index in [0.717, 1.165) is 56.3 Å². The first-order valence-corrected chi connectivity index (χ1v) is 36.5. The molecular formula is C71H79N7O14S4. The quantitative estimate of drug-likeness (QED) is 0.0201. The van der Waals surface area contributed by atoms with Gasteiger partial charge < -0.3 is 52.4 Å². The molecule has 21 nitrogen and oxygen atoms in total. The van der Waals surface area contributed by atoms with Crippen LogP contribution in [-0.4, -0.2) is 170 Å². The normalized spacial score (nSPS) is 18.7. The minimum Gasteiger partial charge on any atom is -0.493 e. The number of pyridine rings is 2. The number of likely N-dealkylation sites (tertiary alicyclic amines) is 2. The molecule has 4 unspecified atom stereocenters. The van der Waals surface area contributed by atoms with Crippen molar-refractivity contribution in [2.45, 2.75) is 110 Å². The number of fused-ring (bicyclic) bond motifs is 3. The van der Waals surface area contributed by atoms with Crippen molar-refractivity contribution in [1.29, 1.82) is 0 Å². The van der Waals surface area contributed by atoms with Crippen molar-refractivity contribution < 1.29 is 66.6 Å². The van der Waals surface area contributed by atoms with Crippen LogP contribution in [0.1, 0.15) is 96.6 Å². The first-order chi connectivity index (χ1) is 46.7. The zero-order chi connectivity index (χ0) is 67.1. The molecule has 0 spiro atoms. The van der Waals surface area contributed by atoms with Gasteiger partial charge in [0.1, 0.15) is 29.9 Å². The summed E-state index contributed by atoms with van der Waals surface area (Å²) in [5.41, 5.74) is 6.66. The van der Waals surface area contributed by atoms with E-state index in [-0.39, 0.29) is 121 Å². The molecule has 6 heterocycles. The number of aromatic nitrogens is 2. The van der Waals surface area contributed by atoms with Gasteiger partial charge in [-0.1, -0.05) is 107 Å². The van der Waals surface area contributed by atoms with E-state index in [9.17, 15) is 19.2 Å². The van der Waals surface area contributed by atoms with Crippen LogP contribution in [0.3, 0.4) is 0 Å². The van der Waals surface area contributed by atoms with Gasteiger partial charge in [-0.05, 0) is 139 Å². The van der Waals surface area contributed by atoms with Gasteiger partial charge in [0, 0.05) is 60.6 Å². The molecule has 6 aromatic rings. The Morgan fingerprint density at radius 1 is 0.604 bits per heavy atom. The Balaban J connectivity index is 0.750. The van der Waals surface area contributed by atoms with Gasteiger partial charge in [-0.2, -0.15) is 0 Å². The summed E-state index contributed by atoms with van der Waals surface area (Å²) in [4.78, 5) is 85.0. The van der Waals surface area contributed by atoms with Crippen LogP contribution in [0, 0.1) is 0 Å². The van der Waals surface area contributed by atoms with Crippen LogP contribution in [0.2, 0.25) is 0 Å². The summed E-state index contributed by atoms with van der Waals surface area (Å²) in [6, 6.07) is 33.0. The van der Waals surface area contributed by atoms with Crippen molar-refractivity contribution in [3.63, 3.8) is 0 Å². The fourth-order valence-corrected chi connectivity index (χ4v) is 16.1. The van der Waals surface area contributed by atoms with Crippen molar-refractivity contribution in [2.75, 3.05) is 90.7 Å². The third-order valence-electron chi connectivity index (χ3n) is 16.9. The van der Waals surface area contributed by atoms with Gasteiger partial charge in [0.25, 0.3) is 11.8 Å². The smallest absolute Gasteiger partial charge is 0.412 e. The molecule has 506 valence electrons. The van der Waals surface area contributed by atoms with Crippen LogP contribution in [-0.2, 0) is 23.7 Å². The predicted molar refractivity (Wildman–Crippen MR) is 373 cm³/mol. The highest BCUT2D eigenvalue weighted by Crippen LogP contribution is 2.46. The zero-order valence-corrected chi connectivity index (χ0v) is 57.4. The summed E-state index contributed by atoms with van der Waals surface area (Å²) in [6.45, 7) is 14.7. The molecule has 96 heavy (non-hydrogen) atoms. The first kappa shape index (κ1) is 69.3. The molecule has 2 N–H and O–H groups in total. The minimum absolute atomic E-state index is 0.0470. The van der Waals surface area contributed by atoms with Crippen LogP contribution in [0.5, 0.6) is 23.0 Å². The van der Waals surface area contributed by atoms with E-state index < -0.39 is 36.5 Å². The molecule has 25 heteroatoms. The molecule has 4 fully saturated rings.